The second-order valence-electron chi connectivity index (χ2n) is 6.87. The number of quaternary nitrogens is 1. The highest BCUT2D eigenvalue weighted by atomic mass is 127. The van der Waals surface area contributed by atoms with E-state index in [1.165, 1.54) is 22.7 Å². The summed E-state index contributed by atoms with van der Waals surface area (Å²) in [7, 11) is 6.08. The van der Waals surface area contributed by atoms with E-state index in [1.807, 2.05) is 0 Å². The summed E-state index contributed by atoms with van der Waals surface area (Å²) in [5.41, 5.74) is 1.29. The van der Waals surface area contributed by atoms with E-state index in [0.717, 1.165) is 17.3 Å². The zero-order valence-corrected chi connectivity index (χ0v) is 15.0. The normalized spacial score (nSPS) is 33.7. The quantitative estimate of drug-likeness (QED) is 0.433. The molecule has 0 saturated carbocycles. The number of piperidine rings is 1. The number of rotatable bonds is 2. The number of methoxy groups -OCH3 is 1. The third-order valence-corrected chi connectivity index (χ3v) is 6.46. The van der Waals surface area contributed by atoms with Gasteiger partial charge in [0.05, 0.1) is 27.2 Å². The Labute approximate surface area is 140 Å². The van der Waals surface area contributed by atoms with Gasteiger partial charge in [-0.15, -0.1) is 0 Å². The molecular formula is C17H23INO2+. The van der Waals surface area contributed by atoms with Crippen LogP contribution in [0.5, 0.6) is 0 Å². The Kier molecular flexibility index (Phi) is 4.03. The summed E-state index contributed by atoms with van der Waals surface area (Å²) < 4.78 is 7.37. The molecule has 0 aliphatic carbocycles. The molecule has 4 heteroatoms. The van der Waals surface area contributed by atoms with Crippen molar-refractivity contribution in [3.63, 3.8) is 0 Å². The van der Waals surface area contributed by atoms with E-state index >= 15 is 0 Å². The summed E-state index contributed by atoms with van der Waals surface area (Å²) in [6.07, 6.45) is 3.45. The summed E-state index contributed by atoms with van der Waals surface area (Å²) in [6.45, 7) is 0. The maximum absolute atomic E-state index is 12.5. The smallest absolute Gasteiger partial charge is 0.315 e. The highest BCUT2D eigenvalue weighted by Crippen LogP contribution is 2.49. The highest BCUT2D eigenvalue weighted by Gasteiger charge is 2.57. The van der Waals surface area contributed by atoms with E-state index < -0.39 is 0 Å². The first-order valence-electron chi connectivity index (χ1n) is 7.61. The van der Waals surface area contributed by atoms with Gasteiger partial charge in [-0.3, -0.25) is 4.79 Å². The van der Waals surface area contributed by atoms with Gasteiger partial charge in [-0.05, 0) is 40.3 Å². The molecule has 1 aromatic rings. The van der Waals surface area contributed by atoms with Crippen LogP contribution in [-0.4, -0.2) is 43.7 Å². The van der Waals surface area contributed by atoms with Crippen LogP contribution < -0.4 is 0 Å². The van der Waals surface area contributed by atoms with E-state index in [1.54, 1.807) is 0 Å². The third kappa shape index (κ3) is 2.50. The van der Waals surface area contributed by atoms with E-state index in [0.29, 0.717) is 18.0 Å². The Morgan fingerprint density at radius 2 is 1.90 bits per heavy atom. The maximum atomic E-state index is 12.5. The van der Waals surface area contributed by atoms with Crippen molar-refractivity contribution < 1.29 is 14.0 Å². The van der Waals surface area contributed by atoms with Crippen molar-refractivity contribution in [1.29, 1.82) is 0 Å². The van der Waals surface area contributed by atoms with Gasteiger partial charge in [-0.25, -0.2) is 0 Å². The Balaban J connectivity index is 1.99. The number of carbonyl (C=O) groups is 1. The van der Waals surface area contributed by atoms with Crippen LogP contribution in [0.4, 0.5) is 0 Å². The lowest BCUT2D eigenvalue weighted by Crippen LogP contribution is -2.59. The Morgan fingerprint density at radius 1 is 1.24 bits per heavy atom. The van der Waals surface area contributed by atoms with Crippen molar-refractivity contribution in [3.8, 4) is 0 Å². The average molecular weight is 400 g/mol. The number of halogens is 1. The lowest BCUT2D eigenvalue weighted by atomic mass is 9.75. The molecule has 3 rings (SSSR count). The van der Waals surface area contributed by atoms with Crippen LogP contribution in [0.2, 0.25) is 0 Å². The van der Waals surface area contributed by atoms with Crippen LogP contribution >= 0.6 is 22.6 Å². The van der Waals surface area contributed by atoms with E-state index in [9.17, 15) is 4.79 Å². The number of hydrogen-bond donors (Lipinski definition) is 0. The van der Waals surface area contributed by atoms with E-state index in [-0.39, 0.29) is 11.9 Å². The minimum absolute atomic E-state index is 0.0104. The van der Waals surface area contributed by atoms with Crippen LogP contribution in [0.1, 0.15) is 30.7 Å². The first kappa shape index (κ1) is 15.3. The van der Waals surface area contributed by atoms with Crippen LogP contribution in [0, 0.1) is 9.49 Å². The van der Waals surface area contributed by atoms with Crippen molar-refractivity contribution in [2.75, 3.05) is 21.2 Å². The molecule has 2 heterocycles. The van der Waals surface area contributed by atoms with Crippen molar-refractivity contribution in [2.24, 2.45) is 5.92 Å². The van der Waals surface area contributed by atoms with Gasteiger partial charge >= 0.3 is 5.97 Å². The maximum Gasteiger partial charge on any atom is 0.315 e. The summed E-state index contributed by atoms with van der Waals surface area (Å²) in [5.74, 6) is 0.261. The third-order valence-electron chi connectivity index (χ3n) is 5.74. The summed E-state index contributed by atoms with van der Waals surface area (Å²) in [4.78, 5) is 12.5. The number of ether oxygens (including phenoxy) is 1. The van der Waals surface area contributed by atoms with Crippen LogP contribution in [-0.2, 0) is 9.53 Å². The first-order chi connectivity index (χ1) is 9.95. The Bertz CT molecular complexity index is 540. The van der Waals surface area contributed by atoms with Gasteiger partial charge in [0.25, 0.3) is 0 Å². The van der Waals surface area contributed by atoms with Gasteiger partial charge in [0.2, 0.25) is 0 Å². The van der Waals surface area contributed by atoms with E-state index in [2.05, 4.69) is 61.0 Å². The highest BCUT2D eigenvalue weighted by molar-refractivity contribution is 14.1. The molecule has 0 N–H and O–H groups in total. The standard InChI is InChI=1S/C17H23INO2/c1-19(2)13-8-9-15(19)16(17(20)21-3)14(10-13)11-4-6-12(18)7-5-11/h4-7,13-16H,8-10H2,1-3H3/q+1/t13?,14-,15?,16+/m1/s1. The predicted octanol–water partition coefficient (Wildman–Crippen LogP) is 3.18. The molecule has 2 unspecified atom stereocenters. The molecule has 4 atom stereocenters. The molecule has 0 amide bonds. The molecule has 2 bridgehead atoms. The van der Waals surface area contributed by atoms with Crippen molar-refractivity contribution in [3.05, 3.63) is 33.4 Å². The molecule has 1 aromatic carbocycles. The molecule has 2 fully saturated rings. The second-order valence-corrected chi connectivity index (χ2v) is 8.12. The number of hydrogen-bond acceptors (Lipinski definition) is 2. The van der Waals surface area contributed by atoms with Crippen LogP contribution in [0.25, 0.3) is 0 Å². The predicted molar refractivity (Wildman–Crippen MR) is 90.9 cm³/mol. The van der Waals surface area contributed by atoms with Gasteiger partial charge in [-0.1, -0.05) is 12.1 Å². The van der Waals surface area contributed by atoms with Gasteiger partial charge in [0.15, 0.2) is 0 Å². The fourth-order valence-electron chi connectivity index (χ4n) is 4.50. The summed E-state index contributed by atoms with van der Waals surface area (Å²) >= 11 is 2.32. The molecule has 114 valence electrons. The lowest BCUT2D eigenvalue weighted by Gasteiger charge is -2.47. The molecule has 21 heavy (non-hydrogen) atoms. The minimum Gasteiger partial charge on any atom is -0.469 e. The lowest BCUT2D eigenvalue weighted by molar-refractivity contribution is -0.933. The van der Waals surface area contributed by atoms with Crippen LogP contribution in [0.15, 0.2) is 24.3 Å². The molecule has 2 aliphatic heterocycles. The second kappa shape index (κ2) is 5.54. The van der Waals surface area contributed by atoms with Crippen molar-refractivity contribution >= 4 is 28.6 Å². The number of benzene rings is 1. The molecule has 2 aliphatic rings. The monoisotopic (exact) mass is 400 g/mol. The molecule has 3 nitrogen and oxygen atoms in total. The van der Waals surface area contributed by atoms with Gasteiger partial charge in [0, 0.05) is 28.8 Å². The SMILES string of the molecule is COC(=O)[C@@H]1C2CCC(C[C@@H]1c1ccc(I)cc1)[N+]2(C)C. The van der Waals surface area contributed by atoms with E-state index in [4.69, 9.17) is 4.74 Å². The number of carbonyl (C=O) groups excluding carboxylic acids is 1. The van der Waals surface area contributed by atoms with Gasteiger partial charge in [0.1, 0.15) is 12.0 Å². The van der Waals surface area contributed by atoms with Crippen LogP contribution in [0.3, 0.4) is 0 Å². The molecular weight excluding hydrogens is 377 g/mol. The first-order valence-corrected chi connectivity index (χ1v) is 8.69. The molecule has 0 radical (unpaired) electrons. The number of fused-ring (bicyclic) bond motifs is 2. The summed E-state index contributed by atoms with van der Waals surface area (Å²) in [5, 5.41) is 0. The van der Waals surface area contributed by atoms with Gasteiger partial charge < -0.3 is 9.22 Å². The zero-order chi connectivity index (χ0) is 15.2. The topological polar surface area (TPSA) is 26.3 Å². The number of nitrogens with zero attached hydrogens (tertiary/aromatic N) is 1. The fraction of sp³-hybridized carbons (Fsp3) is 0.588. The molecule has 0 spiro atoms. The fourth-order valence-corrected chi connectivity index (χ4v) is 4.86. The van der Waals surface area contributed by atoms with Gasteiger partial charge in [-0.2, -0.15) is 0 Å². The average Bonchev–Trinajstić information content (AvgIpc) is 2.66. The Morgan fingerprint density at radius 3 is 2.52 bits per heavy atom. The largest absolute Gasteiger partial charge is 0.469 e. The molecule has 2 saturated heterocycles. The van der Waals surface area contributed by atoms with Crippen molar-refractivity contribution in [1.82, 2.24) is 0 Å². The Hall–Kier alpha value is -0.620. The number of esters is 1. The minimum atomic E-state index is -0.0323. The molecule has 0 aromatic heterocycles. The summed E-state index contributed by atoms with van der Waals surface area (Å²) in [6, 6.07) is 9.71. The van der Waals surface area contributed by atoms with Crippen molar-refractivity contribution in [2.45, 2.75) is 37.3 Å². The zero-order valence-electron chi connectivity index (χ0n) is 12.9.